The number of hydrogen-bond donors (Lipinski definition) is 1. The van der Waals surface area contributed by atoms with E-state index in [4.69, 9.17) is 5.73 Å². The van der Waals surface area contributed by atoms with Gasteiger partial charge in [0.25, 0.3) is 0 Å². The van der Waals surface area contributed by atoms with Crippen LogP contribution in [0.2, 0.25) is 0 Å². The Balaban J connectivity index is 2.15. The number of allylic oxidation sites excluding steroid dienone is 2. The van der Waals surface area contributed by atoms with E-state index in [9.17, 15) is 4.79 Å². The number of carbonyl (C=O) groups excluding carboxylic acids is 1. The van der Waals surface area contributed by atoms with Crippen LogP contribution in [-0.4, -0.2) is 12.3 Å². The molecule has 0 aromatic rings. The molecular weight excluding hydrogens is 174 g/mol. The third-order valence-electron chi connectivity index (χ3n) is 3.36. The zero-order chi connectivity index (χ0) is 10.2. The minimum atomic E-state index is -0.171. The first-order valence-electron chi connectivity index (χ1n) is 5.27. The van der Waals surface area contributed by atoms with E-state index in [-0.39, 0.29) is 11.5 Å². The summed E-state index contributed by atoms with van der Waals surface area (Å²) in [5.41, 5.74) is 6.77. The minimum absolute atomic E-state index is 0.139. The predicted molar refractivity (Wildman–Crippen MR) is 56.7 cm³/mol. The molecule has 2 heteroatoms. The predicted octanol–water partition coefficient (Wildman–Crippen LogP) is 1.82. The normalized spacial score (nSPS) is 41.4. The molecule has 2 aliphatic carbocycles. The van der Waals surface area contributed by atoms with Crippen LogP contribution in [0.1, 0.15) is 26.2 Å². The summed E-state index contributed by atoms with van der Waals surface area (Å²) in [7, 11) is 0. The molecule has 0 saturated heterocycles. The van der Waals surface area contributed by atoms with Gasteiger partial charge in [0.1, 0.15) is 6.29 Å². The zero-order valence-corrected chi connectivity index (χ0v) is 8.57. The van der Waals surface area contributed by atoms with Gasteiger partial charge in [0.2, 0.25) is 0 Å². The van der Waals surface area contributed by atoms with Gasteiger partial charge in [-0.1, -0.05) is 25.2 Å². The SMILES string of the molecule is CC1CC(C=O)(C2=CCC(N)C=C2)C1. The van der Waals surface area contributed by atoms with Crippen molar-refractivity contribution in [1.29, 1.82) is 0 Å². The molecular formula is C12H17NO. The number of rotatable bonds is 2. The number of hydrogen-bond acceptors (Lipinski definition) is 2. The second-order valence-electron chi connectivity index (χ2n) is 4.71. The zero-order valence-electron chi connectivity index (χ0n) is 8.57. The molecule has 0 radical (unpaired) electrons. The van der Waals surface area contributed by atoms with Gasteiger partial charge in [-0.3, -0.25) is 0 Å². The van der Waals surface area contributed by atoms with Crippen molar-refractivity contribution >= 4 is 6.29 Å². The summed E-state index contributed by atoms with van der Waals surface area (Å²) in [5.74, 6) is 0.685. The maximum absolute atomic E-state index is 11.1. The fourth-order valence-corrected chi connectivity index (χ4v) is 2.59. The third kappa shape index (κ3) is 1.44. The fourth-order valence-electron chi connectivity index (χ4n) is 2.59. The lowest BCUT2D eigenvalue weighted by molar-refractivity contribution is -0.119. The van der Waals surface area contributed by atoms with Crippen LogP contribution in [0.4, 0.5) is 0 Å². The molecule has 0 amide bonds. The van der Waals surface area contributed by atoms with Gasteiger partial charge in [0, 0.05) is 6.04 Å². The maximum atomic E-state index is 11.1. The lowest BCUT2D eigenvalue weighted by Crippen LogP contribution is -2.39. The van der Waals surface area contributed by atoms with Gasteiger partial charge in [-0.2, -0.15) is 0 Å². The molecule has 1 fully saturated rings. The molecule has 76 valence electrons. The van der Waals surface area contributed by atoms with Gasteiger partial charge in [-0.25, -0.2) is 0 Å². The lowest BCUT2D eigenvalue weighted by Gasteiger charge is -2.44. The summed E-state index contributed by atoms with van der Waals surface area (Å²) in [6.45, 7) is 2.20. The average molecular weight is 191 g/mol. The molecule has 0 aromatic carbocycles. The van der Waals surface area contributed by atoms with Gasteiger partial charge in [0.15, 0.2) is 0 Å². The average Bonchev–Trinajstić information content (AvgIpc) is 2.14. The van der Waals surface area contributed by atoms with Gasteiger partial charge >= 0.3 is 0 Å². The molecule has 1 saturated carbocycles. The van der Waals surface area contributed by atoms with Crippen LogP contribution >= 0.6 is 0 Å². The van der Waals surface area contributed by atoms with E-state index >= 15 is 0 Å². The van der Waals surface area contributed by atoms with Crippen molar-refractivity contribution in [2.24, 2.45) is 17.1 Å². The standard InChI is InChI=1S/C12H17NO/c1-9-6-12(7-9,8-14)10-2-4-11(13)5-3-10/h2-4,8-9,11H,5-7,13H2,1H3. The Bertz CT molecular complexity index is 297. The molecule has 2 N–H and O–H groups in total. The first-order valence-corrected chi connectivity index (χ1v) is 5.27. The van der Waals surface area contributed by atoms with Crippen molar-refractivity contribution in [3.8, 4) is 0 Å². The Hall–Kier alpha value is -0.890. The van der Waals surface area contributed by atoms with E-state index in [2.05, 4.69) is 13.0 Å². The number of aldehydes is 1. The first-order chi connectivity index (χ1) is 6.66. The second-order valence-corrected chi connectivity index (χ2v) is 4.71. The van der Waals surface area contributed by atoms with Crippen LogP contribution in [0.25, 0.3) is 0 Å². The second kappa shape index (κ2) is 3.35. The molecule has 0 heterocycles. The Kier molecular flexibility index (Phi) is 2.31. The van der Waals surface area contributed by atoms with Crippen molar-refractivity contribution in [3.05, 3.63) is 23.8 Å². The van der Waals surface area contributed by atoms with E-state index in [1.807, 2.05) is 12.2 Å². The first kappa shape index (κ1) is 9.66. The van der Waals surface area contributed by atoms with Crippen molar-refractivity contribution < 1.29 is 4.79 Å². The minimum Gasteiger partial charge on any atom is -0.324 e. The van der Waals surface area contributed by atoms with Crippen molar-refractivity contribution in [3.63, 3.8) is 0 Å². The summed E-state index contributed by atoms with van der Waals surface area (Å²) in [4.78, 5) is 11.1. The quantitative estimate of drug-likeness (QED) is 0.676. The summed E-state index contributed by atoms with van der Waals surface area (Å²) in [6, 6.07) is 0.139. The van der Waals surface area contributed by atoms with Crippen LogP contribution in [0.15, 0.2) is 23.8 Å². The Labute approximate surface area is 84.9 Å². The molecule has 2 rings (SSSR count). The Morgan fingerprint density at radius 1 is 1.57 bits per heavy atom. The van der Waals surface area contributed by atoms with Crippen LogP contribution in [-0.2, 0) is 4.79 Å². The van der Waals surface area contributed by atoms with E-state index < -0.39 is 0 Å². The number of nitrogens with two attached hydrogens (primary N) is 1. The largest absolute Gasteiger partial charge is 0.324 e. The van der Waals surface area contributed by atoms with E-state index in [1.54, 1.807) is 0 Å². The third-order valence-corrected chi connectivity index (χ3v) is 3.36. The monoisotopic (exact) mass is 191 g/mol. The molecule has 0 aliphatic heterocycles. The molecule has 0 aromatic heterocycles. The van der Waals surface area contributed by atoms with Crippen molar-refractivity contribution in [2.75, 3.05) is 0 Å². The maximum Gasteiger partial charge on any atom is 0.130 e. The molecule has 0 bridgehead atoms. The van der Waals surface area contributed by atoms with Gasteiger partial charge in [0.05, 0.1) is 5.41 Å². The molecule has 2 aliphatic rings. The molecule has 2 nitrogen and oxygen atoms in total. The summed E-state index contributed by atoms with van der Waals surface area (Å²) in [6.07, 6.45) is 10.2. The molecule has 1 atom stereocenters. The van der Waals surface area contributed by atoms with E-state index in [0.29, 0.717) is 5.92 Å². The number of carbonyl (C=O) groups is 1. The molecule has 0 spiro atoms. The highest BCUT2D eigenvalue weighted by molar-refractivity contribution is 5.69. The summed E-state index contributed by atoms with van der Waals surface area (Å²) >= 11 is 0. The fraction of sp³-hybridized carbons (Fsp3) is 0.583. The smallest absolute Gasteiger partial charge is 0.130 e. The van der Waals surface area contributed by atoms with Crippen LogP contribution in [0, 0.1) is 11.3 Å². The molecule has 1 unspecified atom stereocenters. The van der Waals surface area contributed by atoms with Crippen LogP contribution in [0.3, 0.4) is 0 Å². The van der Waals surface area contributed by atoms with Crippen LogP contribution in [0.5, 0.6) is 0 Å². The summed E-state index contributed by atoms with van der Waals surface area (Å²) < 4.78 is 0. The van der Waals surface area contributed by atoms with Crippen molar-refractivity contribution in [2.45, 2.75) is 32.2 Å². The highest BCUT2D eigenvalue weighted by atomic mass is 16.1. The van der Waals surface area contributed by atoms with Gasteiger partial charge < -0.3 is 10.5 Å². The van der Waals surface area contributed by atoms with Crippen molar-refractivity contribution in [1.82, 2.24) is 0 Å². The Morgan fingerprint density at radius 2 is 2.29 bits per heavy atom. The molecule has 14 heavy (non-hydrogen) atoms. The topological polar surface area (TPSA) is 43.1 Å². The van der Waals surface area contributed by atoms with E-state index in [1.165, 1.54) is 5.57 Å². The van der Waals surface area contributed by atoms with Gasteiger partial charge in [-0.15, -0.1) is 0 Å². The van der Waals surface area contributed by atoms with E-state index in [0.717, 1.165) is 25.5 Å². The Morgan fingerprint density at radius 3 is 2.71 bits per heavy atom. The highest BCUT2D eigenvalue weighted by Crippen LogP contribution is 2.50. The highest BCUT2D eigenvalue weighted by Gasteiger charge is 2.44. The van der Waals surface area contributed by atoms with Crippen LogP contribution < -0.4 is 5.73 Å². The lowest BCUT2D eigenvalue weighted by atomic mass is 9.59. The van der Waals surface area contributed by atoms with Gasteiger partial charge in [-0.05, 0) is 30.8 Å². The summed E-state index contributed by atoms with van der Waals surface area (Å²) in [5, 5.41) is 0.